The highest BCUT2D eigenvalue weighted by atomic mass is 15.7. The fraction of sp³-hybridized carbons (Fsp3) is 0.133. The zero-order chi connectivity index (χ0) is 12.4. The zero-order valence-corrected chi connectivity index (χ0v) is 10.3. The SMILES string of the molecule is CC1=NCN(c2ccccc2)N1c1ccccc1. The van der Waals surface area contributed by atoms with E-state index in [9.17, 15) is 0 Å². The maximum absolute atomic E-state index is 4.52. The Hall–Kier alpha value is -2.29. The third-order valence-electron chi connectivity index (χ3n) is 3.04. The minimum atomic E-state index is 0.671. The lowest BCUT2D eigenvalue weighted by atomic mass is 10.3. The molecule has 3 rings (SSSR count). The van der Waals surface area contributed by atoms with Crippen LogP contribution < -0.4 is 10.0 Å². The molecule has 0 spiro atoms. The molecule has 0 N–H and O–H groups in total. The molecule has 0 saturated carbocycles. The Morgan fingerprint density at radius 1 is 0.833 bits per heavy atom. The van der Waals surface area contributed by atoms with Gasteiger partial charge in [-0.2, -0.15) is 0 Å². The first-order valence-electron chi connectivity index (χ1n) is 6.05. The van der Waals surface area contributed by atoms with Gasteiger partial charge in [0.1, 0.15) is 12.5 Å². The summed E-state index contributed by atoms with van der Waals surface area (Å²) in [5.74, 6) is 1.02. The first-order valence-corrected chi connectivity index (χ1v) is 6.05. The number of benzene rings is 2. The van der Waals surface area contributed by atoms with Crippen molar-refractivity contribution in [3.63, 3.8) is 0 Å². The molecular weight excluding hydrogens is 222 g/mol. The minimum absolute atomic E-state index is 0.671. The quantitative estimate of drug-likeness (QED) is 0.798. The second kappa shape index (κ2) is 4.53. The number of nitrogens with zero attached hydrogens (tertiary/aromatic N) is 3. The lowest BCUT2D eigenvalue weighted by Gasteiger charge is -2.31. The molecule has 1 heterocycles. The van der Waals surface area contributed by atoms with Crippen LogP contribution in [0.2, 0.25) is 0 Å². The van der Waals surface area contributed by atoms with Crippen molar-refractivity contribution in [3.05, 3.63) is 60.7 Å². The van der Waals surface area contributed by atoms with Crippen LogP contribution >= 0.6 is 0 Å². The third kappa shape index (κ3) is 1.84. The van der Waals surface area contributed by atoms with Gasteiger partial charge in [0, 0.05) is 0 Å². The number of aliphatic imine (C=N–C) groups is 1. The Labute approximate surface area is 107 Å². The molecule has 0 amide bonds. The molecule has 1 aliphatic heterocycles. The molecule has 0 bridgehead atoms. The van der Waals surface area contributed by atoms with Crippen LogP contribution in [0, 0.1) is 0 Å². The van der Waals surface area contributed by atoms with Crippen LogP contribution in [-0.2, 0) is 0 Å². The van der Waals surface area contributed by atoms with Gasteiger partial charge >= 0.3 is 0 Å². The second-order valence-electron chi connectivity index (χ2n) is 4.23. The normalized spacial score (nSPS) is 14.8. The van der Waals surface area contributed by atoms with Crippen LogP contribution in [0.25, 0.3) is 0 Å². The summed E-state index contributed by atoms with van der Waals surface area (Å²) >= 11 is 0. The van der Waals surface area contributed by atoms with E-state index >= 15 is 0 Å². The molecular formula is C15H15N3. The van der Waals surface area contributed by atoms with E-state index in [1.807, 2.05) is 43.3 Å². The van der Waals surface area contributed by atoms with E-state index in [-0.39, 0.29) is 0 Å². The Morgan fingerprint density at radius 2 is 1.39 bits per heavy atom. The van der Waals surface area contributed by atoms with Crippen molar-refractivity contribution in [3.8, 4) is 0 Å². The van der Waals surface area contributed by atoms with Crippen LogP contribution in [0.5, 0.6) is 0 Å². The van der Waals surface area contributed by atoms with Crippen molar-refractivity contribution in [2.45, 2.75) is 6.92 Å². The first kappa shape index (κ1) is 10.8. The van der Waals surface area contributed by atoms with E-state index in [2.05, 4.69) is 39.3 Å². The minimum Gasteiger partial charge on any atom is -0.258 e. The lowest BCUT2D eigenvalue weighted by Crippen LogP contribution is -2.40. The molecule has 3 heteroatoms. The number of hydrogen-bond acceptors (Lipinski definition) is 3. The van der Waals surface area contributed by atoms with Gasteiger partial charge in [0.2, 0.25) is 0 Å². The zero-order valence-electron chi connectivity index (χ0n) is 10.3. The summed E-state index contributed by atoms with van der Waals surface area (Å²) < 4.78 is 0. The van der Waals surface area contributed by atoms with Crippen molar-refractivity contribution in [1.29, 1.82) is 0 Å². The van der Waals surface area contributed by atoms with E-state index in [0.29, 0.717) is 6.67 Å². The Kier molecular flexibility index (Phi) is 2.73. The first-order chi connectivity index (χ1) is 8.86. The maximum atomic E-state index is 4.52. The van der Waals surface area contributed by atoms with Crippen molar-refractivity contribution >= 4 is 17.2 Å². The van der Waals surface area contributed by atoms with Gasteiger partial charge in [-0.15, -0.1) is 0 Å². The number of hydrazine groups is 1. The molecule has 0 saturated heterocycles. The topological polar surface area (TPSA) is 18.8 Å². The summed E-state index contributed by atoms with van der Waals surface area (Å²) in [7, 11) is 0. The standard InChI is InChI=1S/C15H15N3/c1-13-16-12-17(14-8-4-2-5-9-14)18(13)15-10-6-3-7-11-15/h2-11H,12H2,1H3. The summed E-state index contributed by atoms with van der Waals surface area (Å²) in [6, 6.07) is 20.6. The fourth-order valence-electron chi connectivity index (χ4n) is 2.17. The summed E-state index contributed by atoms with van der Waals surface area (Å²) in [4.78, 5) is 4.52. The molecule has 2 aromatic carbocycles. The van der Waals surface area contributed by atoms with Crippen molar-refractivity contribution in [1.82, 2.24) is 0 Å². The number of anilines is 2. The average molecular weight is 237 g/mol. The average Bonchev–Trinajstić information content (AvgIpc) is 2.83. The van der Waals surface area contributed by atoms with Gasteiger partial charge in [0.05, 0.1) is 11.4 Å². The molecule has 0 aliphatic carbocycles. The summed E-state index contributed by atoms with van der Waals surface area (Å²) in [5.41, 5.74) is 2.29. The monoisotopic (exact) mass is 237 g/mol. The maximum Gasteiger partial charge on any atom is 0.132 e. The van der Waals surface area contributed by atoms with E-state index in [1.165, 1.54) is 0 Å². The predicted octanol–water partition coefficient (Wildman–Crippen LogP) is 3.30. The molecule has 1 aliphatic rings. The molecule has 0 atom stereocenters. The van der Waals surface area contributed by atoms with Gasteiger partial charge in [-0.3, -0.25) is 5.01 Å². The molecule has 2 aromatic rings. The van der Waals surface area contributed by atoms with Crippen molar-refractivity contribution < 1.29 is 0 Å². The highest BCUT2D eigenvalue weighted by Gasteiger charge is 2.23. The van der Waals surface area contributed by atoms with E-state index in [1.54, 1.807) is 0 Å². The molecule has 0 unspecified atom stereocenters. The highest BCUT2D eigenvalue weighted by Crippen LogP contribution is 2.26. The van der Waals surface area contributed by atoms with E-state index in [4.69, 9.17) is 0 Å². The van der Waals surface area contributed by atoms with Crippen LogP contribution in [0.4, 0.5) is 11.4 Å². The van der Waals surface area contributed by atoms with Crippen LogP contribution in [0.3, 0.4) is 0 Å². The van der Waals surface area contributed by atoms with Crippen LogP contribution in [0.1, 0.15) is 6.92 Å². The lowest BCUT2D eigenvalue weighted by molar-refractivity contribution is 0.902. The fourth-order valence-corrected chi connectivity index (χ4v) is 2.17. The number of rotatable bonds is 2. The molecule has 90 valence electrons. The smallest absolute Gasteiger partial charge is 0.132 e. The number of amidine groups is 1. The van der Waals surface area contributed by atoms with Crippen LogP contribution in [0.15, 0.2) is 65.7 Å². The van der Waals surface area contributed by atoms with Crippen LogP contribution in [-0.4, -0.2) is 12.5 Å². The molecule has 18 heavy (non-hydrogen) atoms. The van der Waals surface area contributed by atoms with Crippen molar-refractivity contribution in [2.75, 3.05) is 16.7 Å². The Morgan fingerprint density at radius 3 is 2.00 bits per heavy atom. The van der Waals surface area contributed by atoms with Crippen molar-refractivity contribution in [2.24, 2.45) is 4.99 Å². The van der Waals surface area contributed by atoms with Gasteiger partial charge < -0.3 is 0 Å². The molecule has 0 radical (unpaired) electrons. The highest BCUT2D eigenvalue weighted by molar-refractivity contribution is 6.00. The van der Waals surface area contributed by atoms with Gasteiger partial charge in [-0.05, 0) is 31.2 Å². The second-order valence-corrected chi connectivity index (χ2v) is 4.23. The largest absolute Gasteiger partial charge is 0.258 e. The Bertz CT molecular complexity index is 548. The summed E-state index contributed by atoms with van der Waals surface area (Å²) in [6.45, 7) is 2.71. The molecule has 0 fully saturated rings. The third-order valence-corrected chi connectivity index (χ3v) is 3.04. The van der Waals surface area contributed by atoms with Gasteiger partial charge in [0.15, 0.2) is 0 Å². The predicted molar refractivity (Wildman–Crippen MR) is 75.8 cm³/mol. The van der Waals surface area contributed by atoms with Gasteiger partial charge in [0.25, 0.3) is 0 Å². The molecule has 0 aromatic heterocycles. The van der Waals surface area contributed by atoms with E-state index in [0.717, 1.165) is 17.2 Å². The van der Waals surface area contributed by atoms with Gasteiger partial charge in [-0.25, -0.2) is 10.0 Å². The number of para-hydroxylation sites is 2. The summed E-state index contributed by atoms with van der Waals surface area (Å²) in [6.07, 6.45) is 0. The van der Waals surface area contributed by atoms with Gasteiger partial charge in [-0.1, -0.05) is 36.4 Å². The van der Waals surface area contributed by atoms with E-state index < -0.39 is 0 Å². The molecule has 3 nitrogen and oxygen atoms in total. The number of hydrogen-bond donors (Lipinski definition) is 0. The Balaban J connectivity index is 1.98. The summed E-state index contributed by atoms with van der Waals surface area (Å²) in [5, 5.41) is 4.32.